The van der Waals surface area contributed by atoms with Crippen molar-refractivity contribution in [2.45, 2.75) is 25.8 Å². The van der Waals surface area contributed by atoms with E-state index in [9.17, 15) is 10.1 Å². The number of carbonyl (C=O) groups excluding carboxylic acids is 1. The van der Waals surface area contributed by atoms with Crippen LogP contribution in [0.2, 0.25) is 0 Å². The monoisotopic (exact) mass is 370 g/mol. The fraction of sp³-hybridized carbons (Fsp3) is 0.174. The van der Waals surface area contributed by atoms with Crippen molar-refractivity contribution >= 4 is 17.3 Å². The van der Waals surface area contributed by atoms with Crippen LogP contribution in [-0.2, 0) is 12.0 Å². The highest BCUT2D eigenvalue weighted by atomic mass is 16.1. The minimum absolute atomic E-state index is 0.181. The minimum atomic E-state index is -0.558. The molecule has 0 aliphatic heterocycles. The fourth-order valence-electron chi connectivity index (χ4n) is 2.71. The molecule has 3 aromatic rings. The number of pyridine rings is 1. The molecule has 0 saturated carbocycles. The van der Waals surface area contributed by atoms with E-state index >= 15 is 0 Å². The quantitative estimate of drug-likeness (QED) is 0.656. The molecule has 1 heterocycles. The predicted molar refractivity (Wildman–Crippen MR) is 111 cm³/mol. The lowest BCUT2D eigenvalue weighted by Gasteiger charge is -2.16. The fourth-order valence-corrected chi connectivity index (χ4v) is 2.71. The Kier molecular flexibility index (Phi) is 5.71. The molecule has 0 radical (unpaired) electrons. The number of aromatic nitrogens is 1. The summed E-state index contributed by atoms with van der Waals surface area (Å²) >= 11 is 0. The van der Waals surface area contributed by atoms with Crippen LogP contribution in [0.25, 0.3) is 0 Å². The number of nitrogens with zero attached hydrogens (tertiary/aromatic N) is 2. The molecular formula is C23H22N4O. The highest BCUT2D eigenvalue weighted by Gasteiger charge is 2.19. The molecule has 0 aliphatic carbocycles. The number of anilines is 2. The normalized spacial score (nSPS) is 10.8. The molecular weight excluding hydrogens is 348 g/mol. The minimum Gasteiger partial charge on any atom is -0.381 e. The van der Waals surface area contributed by atoms with E-state index in [1.807, 2.05) is 68.4 Å². The van der Waals surface area contributed by atoms with Crippen molar-refractivity contribution in [1.29, 1.82) is 5.26 Å². The Morgan fingerprint density at radius 3 is 2.43 bits per heavy atom. The number of hydrogen-bond donors (Lipinski definition) is 2. The maximum absolute atomic E-state index is 12.6. The molecule has 5 heteroatoms. The van der Waals surface area contributed by atoms with Crippen molar-refractivity contribution < 1.29 is 4.79 Å². The third-order valence-electron chi connectivity index (χ3n) is 4.51. The largest absolute Gasteiger partial charge is 0.381 e. The third-order valence-corrected chi connectivity index (χ3v) is 4.51. The Morgan fingerprint density at radius 2 is 1.75 bits per heavy atom. The molecule has 140 valence electrons. The summed E-state index contributed by atoms with van der Waals surface area (Å²) in [7, 11) is 0. The van der Waals surface area contributed by atoms with Gasteiger partial charge in [-0.15, -0.1) is 0 Å². The number of hydrogen-bond acceptors (Lipinski definition) is 4. The van der Waals surface area contributed by atoms with E-state index in [1.54, 1.807) is 18.5 Å². The molecule has 2 aromatic carbocycles. The standard InChI is InChI=1S/C23H22N4O/c1-23(2,16-24)19-6-8-20(9-7-19)27-22(28)18-4-3-5-21(14-18)26-15-17-10-12-25-13-11-17/h3-14,26H,15H2,1-2H3,(H,27,28). The number of benzene rings is 2. The van der Waals surface area contributed by atoms with Gasteiger partial charge in [-0.1, -0.05) is 18.2 Å². The van der Waals surface area contributed by atoms with Crippen LogP contribution in [0.15, 0.2) is 73.1 Å². The molecule has 5 nitrogen and oxygen atoms in total. The summed E-state index contributed by atoms with van der Waals surface area (Å²) < 4.78 is 0. The molecule has 0 spiro atoms. The summed E-state index contributed by atoms with van der Waals surface area (Å²) in [5.41, 5.74) is 3.60. The van der Waals surface area contributed by atoms with Crippen LogP contribution in [0.3, 0.4) is 0 Å². The van der Waals surface area contributed by atoms with Crippen molar-refractivity contribution in [3.8, 4) is 6.07 Å². The first-order chi connectivity index (χ1) is 13.5. The summed E-state index contributed by atoms with van der Waals surface area (Å²) in [5, 5.41) is 15.4. The van der Waals surface area contributed by atoms with Crippen LogP contribution in [0.1, 0.15) is 35.3 Å². The van der Waals surface area contributed by atoms with Crippen molar-refractivity contribution in [3.05, 3.63) is 89.7 Å². The molecule has 0 bridgehead atoms. The van der Waals surface area contributed by atoms with Crippen molar-refractivity contribution in [3.63, 3.8) is 0 Å². The van der Waals surface area contributed by atoms with Gasteiger partial charge in [0.25, 0.3) is 5.91 Å². The number of nitrogens with one attached hydrogen (secondary N) is 2. The van der Waals surface area contributed by atoms with Crippen molar-refractivity contribution in [2.24, 2.45) is 0 Å². The highest BCUT2D eigenvalue weighted by molar-refractivity contribution is 6.04. The van der Waals surface area contributed by atoms with Gasteiger partial charge in [0.2, 0.25) is 0 Å². The Balaban J connectivity index is 1.65. The first-order valence-electron chi connectivity index (χ1n) is 9.04. The Hall–Kier alpha value is -3.65. The van der Waals surface area contributed by atoms with E-state index in [2.05, 4.69) is 21.7 Å². The van der Waals surface area contributed by atoms with Crippen LogP contribution in [0, 0.1) is 11.3 Å². The van der Waals surface area contributed by atoms with Crippen LogP contribution in [0.4, 0.5) is 11.4 Å². The van der Waals surface area contributed by atoms with Crippen LogP contribution in [0.5, 0.6) is 0 Å². The summed E-state index contributed by atoms with van der Waals surface area (Å²) in [6, 6.07) is 20.9. The van der Waals surface area contributed by atoms with Gasteiger partial charge in [-0.05, 0) is 67.4 Å². The third kappa shape index (κ3) is 4.74. The lowest BCUT2D eigenvalue weighted by molar-refractivity contribution is 0.102. The van der Waals surface area contributed by atoms with E-state index in [1.165, 1.54) is 0 Å². The van der Waals surface area contributed by atoms with E-state index in [4.69, 9.17) is 0 Å². The molecule has 28 heavy (non-hydrogen) atoms. The topological polar surface area (TPSA) is 77.8 Å². The lowest BCUT2D eigenvalue weighted by Crippen LogP contribution is -2.15. The Labute approximate surface area is 165 Å². The average Bonchev–Trinajstić information content (AvgIpc) is 2.73. The van der Waals surface area contributed by atoms with Gasteiger partial charge in [-0.25, -0.2) is 0 Å². The van der Waals surface area contributed by atoms with Gasteiger partial charge in [0.15, 0.2) is 0 Å². The maximum atomic E-state index is 12.6. The zero-order chi connectivity index (χ0) is 20.0. The molecule has 0 saturated heterocycles. The molecule has 2 N–H and O–H groups in total. The summed E-state index contributed by atoms with van der Waals surface area (Å²) in [5.74, 6) is -0.181. The zero-order valence-corrected chi connectivity index (χ0v) is 15.9. The van der Waals surface area contributed by atoms with Gasteiger partial charge < -0.3 is 10.6 Å². The second kappa shape index (κ2) is 8.36. The zero-order valence-electron chi connectivity index (χ0n) is 15.9. The van der Waals surface area contributed by atoms with Gasteiger partial charge in [0.05, 0.1) is 11.5 Å². The van der Waals surface area contributed by atoms with Crippen molar-refractivity contribution in [1.82, 2.24) is 4.98 Å². The SMILES string of the molecule is CC(C)(C#N)c1ccc(NC(=O)c2cccc(NCc3ccncc3)c2)cc1. The molecule has 0 atom stereocenters. The van der Waals surface area contributed by atoms with Crippen LogP contribution < -0.4 is 10.6 Å². The average molecular weight is 370 g/mol. The second-order valence-electron chi connectivity index (χ2n) is 7.06. The number of carbonyl (C=O) groups is 1. The van der Waals surface area contributed by atoms with Gasteiger partial charge in [0, 0.05) is 35.9 Å². The molecule has 3 rings (SSSR count). The summed E-state index contributed by atoms with van der Waals surface area (Å²) in [4.78, 5) is 16.6. The van der Waals surface area contributed by atoms with E-state index in [-0.39, 0.29) is 5.91 Å². The smallest absolute Gasteiger partial charge is 0.255 e. The Bertz CT molecular complexity index is 989. The number of rotatable bonds is 6. The van der Waals surface area contributed by atoms with E-state index < -0.39 is 5.41 Å². The van der Waals surface area contributed by atoms with Crippen LogP contribution in [-0.4, -0.2) is 10.9 Å². The summed E-state index contributed by atoms with van der Waals surface area (Å²) in [6.45, 7) is 4.39. The first kappa shape index (κ1) is 19.1. The molecule has 1 aromatic heterocycles. The molecule has 0 fully saturated rings. The van der Waals surface area contributed by atoms with Gasteiger partial charge in [-0.2, -0.15) is 5.26 Å². The Morgan fingerprint density at radius 1 is 1.04 bits per heavy atom. The lowest BCUT2D eigenvalue weighted by atomic mass is 9.86. The maximum Gasteiger partial charge on any atom is 0.255 e. The predicted octanol–water partition coefficient (Wildman–Crippen LogP) is 4.75. The van der Waals surface area contributed by atoms with Crippen LogP contribution >= 0.6 is 0 Å². The number of amides is 1. The number of nitriles is 1. The first-order valence-corrected chi connectivity index (χ1v) is 9.04. The second-order valence-corrected chi connectivity index (χ2v) is 7.06. The van der Waals surface area contributed by atoms with E-state index in [0.29, 0.717) is 17.8 Å². The van der Waals surface area contributed by atoms with E-state index in [0.717, 1.165) is 16.8 Å². The molecule has 0 aliphatic rings. The van der Waals surface area contributed by atoms with Gasteiger partial charge >= 0.3 is 0 Å². The van der Waals surface area contributed by atoms with Gasteiger partial charge in [0.1, 0.15) is 0 Å². The molecule has 0 unspecified atom stereocenters. The van der Waals surface area contributed by atoms with Gasteiger partial charge in [-0.3, -0.25) is 9.78 Å². The van der Waals surface area contributed by atoms with Crippen molar-refractivity contribution in [2.75, 3.05) is 10.6 Å². The summed E-state index contributed by atoms with van der Waals surface area (Å²) in [6.07, 6.45) is 3.51. The molecule has 1 amide bonds. The highest BCUT2D eigenvalue weighted by Crippen LogP contribution is 2.24.